The molecule has 0 aliphatic carbocycles. The van der Waals surface area contributed by atoms with Crippen LogP contribution in [0, 0.1) is 6.92 Å². The van der Waals surface area contributed by atoms with Crippen LogP contribution in [0.15, 0.2) is 54.6 Å². The molecule has 2 atom stereocenters. The minimum absolute atomic E-state index is 0.00570. The second kappa shape index (κ2) is 9.02. The second-order valence-corrected chi connectivity index (χ2v) is 9.04. The van der Waals surface area contributed by atoms with Crippen molar-refractivity contribution >= 4 is 23.2 Å². The average Bonchev–Trinajstić information content (AvgIpc) is 3.16. The molecule has 1 aromatic heterocycles. The molecule has 3 aromatic rings. The van der Waals surface area contributed by atoms with Crippen LogP contribution in [0.2, 0.25) is 0 Å². The Hall–Kier alpha value is -2.99. The molecule has 160 valence electrons. The number of nitrogens with zero attached hydrogens (tertiary/aromatic N) is 2. The Morgan fingerprint density at radius 3 is 2.61 bits per heavy atom. The highest BCUT2D eigenvalue weighted by Gasteiger charge is 2.31. The van der Waals surface area contributed by atoms with Crippen molar-refractivity contribution < 1.29 is 9.59 Å². The minimum Gasteiger partial charge on any atom is -0.349 e. The van der Waals surface area contributed by atoms with Crippen molar-refractivity contribution in [2.45, 2.75) is 45.7 Å². The van der Waals surface area contributed by atoms with Crippen LogP contribution in [-0.4, -0.2) is 28.2 Å². The number of aryl methyl sites for hydroxylation is 1. The Labute approximate surface area is 187 Å². The first kappa shape index (κ1) is 21.2. The van der Waals surface area contributed by atoms with Gasteiger partial charge in [-0.1, -0.05) is 54.6 Å². The summed E-state index contributed by atoms with van der Waals surface area (Å²) in [5.41, 5.74) is 4.31. The predicted molar refractivity (Wildman–Crippen MR) is 124 cm³/mol. The van der Waals surface area contributed by atoms with Crippen LogP contribution in [0.4, 0.5) is 0 Å². The summed E-state index contributed by atoms with van der Waals surface area (Å²) in [5, 5.41) is 4.09. The molecule has 1 N–H and O–H groups in total. The number of fused-ring (bicyclic) bond motifs is 1. The molecule has 2 unspecified atom stereocenters. The van der Waals surface area contributed by atoms with E-state index in [9.17, 15) is 9.59 Å². The fraction of sp³-hybridized carbons (Fsp3) is 0.320. The monoisotopic (exact) mass is 433 g/mol. The van der Waals surface area contributed by atoms with Gasteiger partial charge in [0.2, 0.25) is 11.8 Å². The maximum Gasteiger partial charge on any atom is 0.222 e. The highest BCUT2D eigenvalue weighted by atomic mass is 32.1. The molecule has 5 nitrogen and oxygen atoms in total. The third-order valence-electron chi connectivity index (χ3n) is 5.82. The van der Waals surface area contributed by atoms with Gasteiger partial charge in [0.05, 0.1) is 29.1 Å². The zero-order valence-electron chi connectivity index (χ0n) is 18.1. The molecule has 1 aliphatic heterocycles. The minimum atomic E-state index is -0.225. The largest absolute Gasteiger partial charge is 0.349 e. The Balaban J connectivity index is 1.50. The number of carbonyl (C=O) groups excluding carboxylic acids is 2. The molecular formula is C25H27N3O2S. The number of benzene rings is 2. The molecule has 2 amide bonds. The van der Waals surface area contributed by atoms with E-state index in [0.717, 1.165) is 33.1 Å². The van der Waals surface area contributed by atoms with Crippen molar-refractivity contribution in [2.75, 3.05) is 6.54 Å². The molecule has 0 bridgehead atoms. The Morgan fingerprint density at radius 2 is 1.87 bits per heavy atom. The highest BCUT2D eigenvalue weighted by molar-refractivity contribution is 7.15. The first-order valence-corrected chi connectivity index (χ1v) is 11.4. The lowest BCUT2D eigenvalue weighted by molar-refractivity contribution is -0.133. The summed E-state index contributed by atoms with van der Waals surface area (Å²) >= 11 is 1.61. The summed E-state index contributed by atoms with van der Waals surface area (Å²) in [6.45, 7) is 6.20. The zero-order chi connectivity index (χ0) is 22.0. The van der Waals surface area contributed by atoms with Crippen molar-refractivity contribution in [3.63, 3.8) is 0 Å². The number of hydrogen-bond acceptors (Lipinski definition) is 4. The molecule has 1 aliphatic rings. The maximum absolute atomic E-state index is 13.0. The molecule has 4 rings (SSSR count). The quantitative estimate of drug-likeness (QED) is 0.627. The first-order valence-electron chi connectivity index (χ1n) is 10.6. The number of hydrogen-bond donors (Lipinski definition) is 1. The van der Waals surface area contributed by atoms with Gasteiger partial charge in [0, 0.05) is 19.0 Å². The summed E-state index contributed by atoms with van der Waals surface area (Å²) in [7, 11) is 0. The summed E-state index contributed by atoms with van der Waals surface area (Å²) in [4.78, 5) is 32.8. The number of rotatable bonds is 5. The van der Waals surface area contributed by atoms with Gasteiger partial charge >= 0.3 is 0 Å². The topological polar surface area (TPSA) is 62.3 Å². The van der Waals surface area contributed by atoms with E-state index < -0.39 is 0 Å². The molecule has 0 fully saturated rings. The fourth-order valence-corrected chi connectivity index (χ4v) is 5.38. The van der Waals surface area contributed by atoms with E-state index in [1.807, 2.05) is 67.3 Å². The van der Waals surface area contributed by atoms with Gasteiger partial charge in [-0.3, -0.25) is 9.59 Å². The normalized spacial score (nSPS) is 16.5. The second-order valence-electron chi connectivity index (χ2n) is 8.01. The van der Waals surface area contributed by atoms with Crippen LogP contribution in [0.1, 0.15) is 54.0 Å². The molecule has 0 saturated heterocycles. The molecule has 31 heavy (non-hydrogen) atoms. The third-order valence-corrected chi connectivity index (χ3v) is 7.21. The molecular weight excluding hydrogens is 406 g/mol. The van der Waals surface area contributed by atoms with Crippen LogP contribution in [-0.2, 0) is 16.0 Å². The van der Waals surface area contributed by atoms with Gasteiger partial charge in [-0.15, -0.1) is 11.3 Å². The van der Waals surface area contributed by atoms with Crippen LogP contribution in [0.5, 0.6) is 0 Å². The van der Waals surface area contributed by atoms with Crippen LogP contribution in [0.3, 0.4) is 0 Å². The fourth-order valence-electron chi connectivity index (χ4n) is 4.30. The van der Waals surface area contributed by atoms with Gasteiger partial charge < -0.3 is 10.2 Å². The van der Waals surface area contributed by atoms with Crippen molar-refractivity contribution in [3.05, 3.63) is 76.3 Å². The summed E-state index contributed by atoms with van der Waals surface area (Å²) in [5.74, 6) is -0.0549. The van der Waals surface area contributed by atoms with E-state index in [1.54, 1.807) is 18.3 Å². The van der Waals surface area contributed by atoms with Gasteiger partial charge in [0.15, 0.2) is 0 Å². The average molecular weight is 434 g/mol. The van der Waals surface area contributed by atoms with Crippen molar-refractivity contribution in [1.82, 2.24) is 15.2 Å². The van der Waals surface area contributed by atoms with E-state index in [-0.39, 0.29) is 30.3 Å². The lowest BCUT2D eigenvalue weighted by atomic mass is 9.90. The van der Waals surface area contributed by atoms with E-state index >= 15 is 0 Å². The van der Waals surface area contributed by atoms with E-state index in [1.165, 1.54) is 5.56 Å². The summed E-state index contributed by atoms with van der Waals surface area (Å²) < 4.78 is 0. The number of aromatic nitrogens is 1. The van der Waals surface area contributed by atoms with E-state index in [4.69, 9.17) is 4.98 Å². The lowest BCUT2D eigenvalue weighted by Gasteiger charge is -2.36. The molecule has 2 aromatic carbocycles. The standard InChI is InChI=1S/C25H27N3O2S/c1-16(24-17(2)27-25(31-24)20-10-5-4-6-11-20)26-23(30)15-22-21-12-8-7-9-19(21)13-14-28(22)18(3)29/h4-12,16,22H,13-15H2,1-3H3,(H,26,30). The number of nitrogens with one attached hydrogen (secondary N) is 1. The zero-order valence-corrected chi connectivity index (χ0v) is 18.9. The molecule has 0 saturated carbocycles. The molecule has 0 radical (unpaired) electrons. The molecule has 6 heteroatoms. The highest BCUT2D eigenvalue weighted by Crippen LogP contribution is 2.34. The van der Waals surface area contributed by atoms with Crippen LogP contribution < -0.4 is 5.32 Å². The smallest absolute Gasteiger partial charge is 0.222 e. The Bertz CT molecular complexity index is 1090. The van der Waals surface area contributed by atoms with Gasteiger partial charge in [0.1, 0.15) is 5.01 Å². The van der Waals surface area contributed by atoms with Crippen LogP contribution in [0.25, 0.3) is 10.6 Å². The van der Waals surface area contributed by atoms with Crippen LogP contribution >= 0.6 is 11.3 Å². The van der Waals surface area contributed by atoms with Crippen molar-refractivity contribution in [1.29, 1.82) is 0 Å². The van der Waals surface area contributed by atoms with Gasteiger partial charge in [-0.25, -0.2) is 4.98 Å². The van der Waals surface area contributed by atoms with Gasteiger partial charge in [-0.2, -0.15) is 0 Å². The summed E-state index contributed by atoms with van der Waals surface area (Å²) in [6, 6.07) is 17.8. The Kier molecular flexibility index (Phi) is 6.18. The van der Waals surface area contributed by atoms with E-state index in [2.05, 4.69) is 11.4 Å². The number of thiazole rings is 1. The SMILES string of the molecule is CC(=O)N1CCc2ccccc2C1CC(=O)NC(C)c1sc(-c2ccccc2)nc1C. The predicted octanol–water partition coefficient (Wildman–Crippen LogP) is 4.83. The van der Waals surface area contributed by atoms with Crippen molar-refractivity contribution in [2.24, 2.45) is 0 Å². The first-order chi connectivity index (χ1) is 14.9. The third kappa shape index (κ3) is 4.54. The van der Waals surface area contributed by atoms with E-state index in [0.29, 0.717) is 6.54 Å². The summed E-state index contributed by atoms with van der Waals surface area (Å²) in [6.07, 6.45) is 1.08. The van der Waals surface area contributed by atoms with Gasteiger partial charge in [0.25, 0.3) is 0 Å². The maximum atomic E-state index is 13.0. The number of amides is 2. The molecule has 2 heterocycles. The molecule has 0 spiro atoms. The lowest BCUT2D eigenvalue weighted by Crippen LogP contribution is -2.41. The number of carbonyl (C=O) groups is 2. The van der Waals surface area contributed by atoms with Gasteiger partial charge in [-0.05, 0) is 31.4 Å². The van der Waals surface area contributed by atoms with Crippen molar-refractivity contribution in [3.8, 4) is 10.6 Å². The Morgan fingerprint density at radius 1 is 1.16 bits per heavy atom.